The van der Waals surface area contributed by atoms with Crippen molar-refractivity contribution in [3.05, 3.63) is 27.0 Å². The number of carbonyl (C=O) groups excluding carboxylic acids is 1. The predicted octanol–water partition coefficient (Wildman–Crippen LogP) is 2.76. The standard InChI is InChI=1S/C14H16BrF2N2O5PS2/c1-19-27(23)4-2-3-24-9-6-7(13(18)20)5-8-10(15)12(26-11(8)9)14(16,17)25(21)22/h5-6,19,21-22H,2-4H2,1H3,(H2,18,20). The summed E-state index contributed by atoms with van der Waals surface area (Å²) >= 11 is 3.67. The third kappa shape index (κ3) is 5.00. The lowest BCUT2D eigenvalue weighted by atomic mass is 10.1. The first-order valence-corrected chi connectivity index (χ1v) is 11.6. The van der Waals surface area contributed by atoms with Gasteiger partial charge < -0.3 is 20.3 Å². The van der Waals surface area contributed by atoms with Gasteiger partial charge in [-0.15, -0.1) is 11.3 Å². The van der Waals surface area contributed by atoms with Gasteiger partial charge in [0.05, 0.1) is 27.2 Å². The summed E-state index contributed by atoms with van der Waals surface area (Å²) in [5, 5.41) is 0.247. The number of halogens is 3. The third-order valence-electron chi connectivity index (χ3n) is 3.46. The van der Waals surface area contributed by atoms with Gasteiger partial charge in [0.2, 0.25) is 14.3 Å². The van der Waals surface area contributed by atoms with Gasteiger partial charge >= 0.3 is 5.66 Å². The number of carbonyl (C=O) groups is 1. The number of primary amides is 1. The topological polar surface area (TPSA) is 122 Å². The first-order valence-electron chi connectivity index (χ1n) is 7.40. The fourth-order valence-corrected chi connectivity index (χ4v) is 5.51. The number of rotatable bonds is 9. The third-order valence-corrected chi connectivity index (χ3v) is 7.83. The van der Waals surface area contributed by atoms with Crippen LogP contribution in [0.3, 0.4) is 0 Å². The lowest BCUT2D eigenvalue weighted by Gasteiger charge is -2.15. The van der Waals surface area contributed by atoms with Crippen LogP contribution >= 0.6 is 35.6 Å². The Morgan fingerprint density at radius 1 is 1.48 bits per heavy atom. The Labute approximate surface area is 169 Å². The molecule has 2 aromatic rings. The Balaban J connectivity index is 2.45. The summed E-state index contributed by atoms with van der Waals surface area (Å²) in [5.41, 5.74) is 1.50. The van der Waals surface area contributed by atoms with E-state index in [4.69, 9.17) is 20.3 Å². The maximum atomic E-state index is 14.1. The van der Waals surface area contributed by atoms with Gasteiger partial charge in [0, 0.05) is 21.2 Å². The number of nitrogens with one attached hydrogen (secondary N) is 1. The Morgan fingerprint density at radius 2 is 2.15 bits per heavy atom. The number of benzene rings is 1. The molecule has 7 nitrogen and oxygen atoms in total. The summed E-state index contributed by atoms with van der Waals surface area (Å²) in [5.74, 6) is -0.285. The van der Waals surface area contributed by atoms with E-state index in [1.807, 2.05) is 0 Å². The van der Waals surface area contributed by atoms with E-state index < -0.39 is 35.8 Å². The summed E-state index contributed by atoms with van der Waals surface area (Å²) in [6, 6.07) is 2.67. The van der Waals surface area contributed by atoms with Crippen molar-refractivity contribution in [1.82, 2.24) is 4.72 Å². The Morgan fingerprint density at radius 3 is 2.70 bits per heavy atom. The zero-order chi connectivity index (χ0) is 20.4. The van der Waals surface area contributed by atoms with E-state index in [2.05, 4.69) is 20.7 Å². The van der Waals surface area contributed by atoms with Crippen LogP contribution in [0.2, 0.25) is 0 Å². The normalized spacial score (nSPS) is 13.3. The van der Waals surface area contributed by atoms with E-state index in [1.165, 1.54) is 12.1 Å². The van der Waals surface area contributed by atoms with E-state index in [9.17, 15) is 17.8 Å². The zero-order valence-corrected chi connectivity index (χ0v) is 18.0. The van der Waals surface area contributed by atoms with Crippen LogP contribution in [0.4, 0.5) is 8.78 Å². The number of hydrogen-bond acceptors (Lipinski definition) is 6. The first kappa shape index (κ1) is 22.5. The molecule has 2 rings (SSSR count). The molecule has 0 saturated carbocycles. The predicted molar refractivity (Wildman–Crippen MR) is 105 cm³/mol. The van der Waals surface area contributed by atoms with Gasteiger partial charge in [0.1, 0.15) is 5.75 Å². The summed E-state index contributed by atoms with van der Waals surface area (Å²) < 4.78 is 48.0. The average Bonchev–Trinajstić information content (AvgIpc) is 2.95. The summed E-state index contributed by atoms with van der Waals surface area (Å²) in [7, 11) is -3.20. The molecule has 1 aromatic heterocycles. The molecular weight excluding hydrogens is 489 g/mol. The minimum Gasteiger partial charge on any atom is -0.492 e. The van der Waals surface area contributed by atoms with Crippen LogP contribution in [0.25, 0.3) is 10.1 Å². The second-order valence-electron chi connectivity index (χ2n) is 5.25. The van der Waals surface area contributed by atoms with Gasteiger partial charge in [0.15, 0.2) is 0 Å². The molecule has 0 saturated heterocycles. The number of hydrogen-bond donors (Lipinski definition) is 4. The molecule has 1 unspecified atom stereocenters. The number of fused-ring (bicyclic) bond motifs is 1. The number of thiophene rings is 1. The minimum absolute atomic E-state index is 0.0555. The monoisotopic (exact) mass is 504 g/mol. The van der Waals surface area contributed by atoms with Gasteiger partial charge in [0.25, 0.3) is 0 Å². The molecule has 1 atom stereocenters. The first-order chi connectivity index (χ1) is 12.6. The van der Waals surface area contributed by atoms with Gasteiger partial charge in [-0.25, -0.2) is 8.93 Å². The number of nitrogens with two attached hydrogens (primary N) is 1. The van der Waals surface area contributed by atoms with Crippen molar-refractivity contribution in [2.24, 2.45) is 5.73 Å². The molecule has 0 aliphatic heterocycles. The lowest BCUT2D eigenvalue weighted by Crippen LogP contribution is -2.16. The molecule has 27 heavy (non-hydrogen) atoms. The molecule has 0 spiro atoms. The van der Waals surface area contributed by atoms with E-state index in [-0.39, 0.29) is 27.8 Å². The summed E-state index contributed by atoms with van der Waals surface area (Å²) in [6.45, 7) is 0.138. The molecule has 1 aromatic carbocycles. The Bertz CT molecular complexity index is 881. The van der Waals surface area contributed by atoms with Crippen molar-refractivity contribution in [2.75, 3.05) is 19.4 Å². The zero-order valence-electron chi connectivity index (χ0n) is 13.9. The van der Waals surface area contributed by atoms with Crippen LogP contribution in [0.5, 0.6) is 5.75 Å². The van der Waals surface area contributed by atoms with Gasteiger partial charge in [-0.1, -0.05) is 0 Å². The largest absolute Gasteiger partial charge is 0.492 e. The number of amides is 1. The molecule has 150 valence electrons. The molecule has 1 amide bonds. The SMILES string of the molecule is CNS(=O)CCCOc1cc(C(N)=O)cc2c(Br)c(C(F)(F)P(O)O)sc12. The highest BCUT2D eigenvalue weighted by Gasteiger charge is 2.45. The van der Waals surface area contributed by atoms with Crippen molar-refractivity contribution >= 4 is 62.6 Å². The molecule has 1 heterocycles. The minimum atomic E-state index is -3.86. The number of ether oxygens (including phenoxy) is 1. The molecule has 0 aliphatic rings. The smallest absolute Gasteiger partial charge is 0.349 e. The molecule has 0 radical (unpaired) electrons. The van der Waals surface area contributed by atoms with E-state index in [0.717, 1.165) is 0 Å². The fraction of sp³-hybridized carbons (Fsp3) is 0.357. The Hall–Kier alpha value is -0.750. The van der Waals surface area contributed by atoms with E-state index in [0.29, 0.717) is 28.2 Å². The molecule has 0 aliphatic carbocycles. The Kier molecular flexibility index (Phi) is 7.65. The van der Waals surface area contributed by atoms with Crippen molar-refractivity contribution in [3.8, 4) is 5.75 Å². The molecular formula is C14H16BrF2N2O5PS2. The van der Waals surface area contributed by atoms with Crippen LogP contribution in [0, 0.1) is 0 Å². The van der Waals surface area contributed by atoms with Crippen LogP contribution in [0.15, 0.2) is 16.6 Å². The van der Waals surface area contributed by atoms with Gasteiger partial charge in [-0.3, -0.25) is 4.79 Å². The van der Waals surface area contributed by atoms with Crippen molar-refractivity contribution in [1.29, 1.82) is 0 Å². The van der Waals surface area contributed by atoms with Crippen LogP contribution < -0.4 is 15.2 Å². The maximum Gasteiger partial charge on any atom is 0.349 e. The maximum absolute atomic E-state index is 14.1. The molecule has 0 bridgehead atoms. The van der Waals surface area contributed by atoms with Crippen LogP contribution in [-0.4, -0.2) is 39.3 Å². The van der Waals surface area contributed by atoms with Crippen molar-refractivity contribution in [3.63, 3.8) is 0 Å². The summed E-state index contributed by atoms with van der Waals surface area (Å²) in [4.78, 5) is 29.1. The summed E-state index contributed by atoms with van der Waals surface area (Å²) in [6.07, 6.45) is 0.421. The molecule has 13 heteroatoms. The van der Waals surface area contributed by atoms with Crippen LogP contribution in [0.1, 0.15) is 21.7 Å². The average molecular weight is 505 g/mol. The highest BCUT2D eigenvalue weighted by Crippen LogP contribution is 2.58. The lowest BCUT2D eigenvalue weighted by molar-refractivity contribution is 0.0766. The van der Waals surface area contributed by atoms with Gasteiger partial charge in [-0.05, 0) is 41.5 Å². The van der Waals surface area contributed by atoms with Crippen LogP contribution in [-0.2, 0) is 16.6 Å². The van der Waals surface area contributed by atoms with E-state index in [1.54, 1.807) is 7.05 Å². The second-order valence-corrected chi connectivity index (χ2v) is 9.71. The van der Waals surface area contributed by atoms with Crippen molar-refractivity contribution < 1.29 is 32.3 Å². The molecule has 0 fully saturated rings. The quantitative estimate of drug-likeness (QED) is 0.309. The van der Waals surface area contributed by atoms with E-state index >= 15 is 0 Å². The second kappa shape index (κ2) is 9.17. The van der Waals surface area contributed by atoms with Gasteiger partial charge in [-0.2, -0.15) is 8.78 Å². The highest BCUT2D eigenvalue weighted by molar-refractivity contribution is 9.10. The number of alkyl halides is 2. The fourth-order valence-electron chi connectivity index (χ4n) is 2.15. The highest BCUT2D eigenvalue weighted by atomic mass is 79.9. The molecule has 5 N–H and O–H groups in total. The van der Waals surface area contributed by atoms with Crippen molar-refractivity contribution in [2.45, 2.75) is 12.1 Å².